The molecule has 3 heterocycles. The molecule has 7 heteroatoms. The van der Waals surface area contributed by atoms with Gasteiger partial charge < -0.3 is 15.2 Å². The van der Waals surface area contributed by atoms with Crippen LogP contribution in [0, 0.1) is 0 Å². The highest BCUT2D eigenvalue weighted by Crippen LogP contribution is 2.34. The van der Waals surface area contributed by atoms with Crippen molar-refractivity contribution in [3.8, 4) is 39.5 Å². The van der Waals surface area contributed by atoms with Gasteiger partial charge in [-0.2, -0.15) is 5.10 Å². The number of aromatic amines is 1. The fraction of sp³-hybridized carbons (Fsp3) is 0.138. The van der Waals surface area contributed by atoms with E-state index in [1.807, 2.05) is 36.0 Å². The first-order chi connectivity index (χ1) is 17.6. The van der Waals surface area contributed by atoms with Crippen molar-refractivity contribution < 1.29 is 10.2 Å². The van der Waals surface area contributed by atoms with Crippen molar-refractivity contribution in [2.75, 3.05) is 6.61 Å². The van der Waals surface area contributed by atoms with Crippen LogP contribution in [0.4, 0.5) is 0 Å². The molecular weight excluding hydrogens is 450 g/mol. The van der Waals surface area contributed by atoms with Gasteiger partial charge in [0.15, 0.2) is 5.82 Å². The Morgan fingerprint density at radius 2 is 1.81 bits per heavy atom. The molecule has 3 N–H and O–H groups in total. The van der Waals surface area contributed by atoms with Crippen molar-refractivity contribution in [2.45, 2.75) is 12.8 Å². The summed E-state index contributed by atoms with van der Waals surface area (Å²) in [4.78, 5) is 12.6. The number of para-hydroxylation sites is 1. The van der Waals surface area contributed by atoms with Crippen LogP contribution in [0.1, 0.15) is 12.0 Å². The third-order valence-corrected chi connectivity index (χ3v) is 6.51. The number of benzene rings is 3. The van der Waals surface area contributed by atoms with Gasteiger partial charge in [0.1, 0.15) is 11.4 Å². The maximum atomic E-state index is 9.88. The summed E-state index contributed by atoms with van der Waals surface area (Å²) < 4.78 is 1.86. The highest BCUT2D eigenvalue weighted by atomic mass is 16.3. The number of nitrogens with one attached hydrogen (secondary N) is 1. The molecule has 0 unspecified atom stereocenters. The molecule has 0 radical (unpaired) electrons. The summed E-state index contributed by atoms with van der Waals surface area (Å²) in [5, 5.41) is 24.8. The maximum absolute atomic E-state index is 9.88. The lowest BCUT2D eigenvalue weighted by Crippen LogP contribution is -1.90. The smallest absolute Gasteiger partial charge is 0.159 e. The minimum Gasteiger partial charge on any atom is -0.506 e. The monoisotopic (exact) mass is 475 g/mol. The van der Waals surface area contributed by atoms with E-state index in [0.717, 1.165) is 62.7 Å². The molecule has 0 fully saturated rings. The lowest BCUT2D eigenvalue weighted by atomic mass is 10.00. The van der Waals surface area contributed by atoms with Crippen LogP contribution >= 0.6 is 0 Å². The molecular formula is C29H25N5O2. The average molecular weight is 476 g/mol. The van der Waals surface area contributed by atoms with Gasteiger partial charge in [-0.25, -0.2) is 4.98 Å². The third kappa shape index (κ3) is 3.89. The molecule has 3 aromatic heterocycles. The number of fused-ring (bicyclic) bond motifs is 2. The lowest BCUT2D eigenvalue weighted by Gasteiger charge is -2.06. The van der Waals surface area contributed by atoms with E-state index in [2.05, 4.69) is 46.4 Å². The zero-order valence-electron chi connectivity index (χ0n) is 19.8. The van der Waals surface area contributed by atoms with E-state index in [-0.39, 0.29) is 12.4 Å². The number of rotatable bonds is 6. The van der Waals surface area contributed by atoms with Gasteiger partial charge in [0.2, 0.25) is 0 Å². The van der Waals surface area contributed by atoms with E-state index in [4.69, 9.17) is 10.1 Å². The summed E-state index contributed by atoms with van der Waals surface area (Å²) in [5.74, 6) is 0.829. The van der Waals surface area contributed by atoms with E-state index in [0.29, 0.717) is 5.82 Å². The zero-order valence-corrected chi connectivity index (χ0v) is 19.8. The molecule has 6 aromatic rings. The Balaban J connectivity index is 1.47. The van der Waals surface area contributed by atoms with E-state index in [1.165, 1.54) is 11.8 Å². The molecule has 0 aliphatic heterocycles. The molecule has 7 nitrogen and oxygen atoms in total. The number of imidazole rings is 1. The van der Waals surface area contributed by atoms with Crippen molar-refractivity contribution >= 4 is 21.9 Å². The van der Waals surface area contributed by atoms with Crippen LogP contribution in [0.3, 0.4) is 0 Å². The van der Waals surface area contributed by atoms with Gasteiger partial charge in [-0.15, -0.1) is 0 Å². The van der Waals surface area contributed by atoms with E-state index < -0.39 is 0 Å². The number of aromatic hydroxyl groups is 1. The standard InChI is InChI=1S/C29H25N5O2/c1-34-26-11-10-19(21-14-22(36)17-30-16-21)15-24(26)28(33-34)29-31-25-9-3-8-23(27(25)32-29)20-7-2-5-18(13-20)6-4-12-35/h2-3,5,7-11,13-17,35-36H,4,6,12H2,1H3,(H,31,32). The summed E-state index contributed by atoms with van der Waals surface area (Å²) >= 11 is 0. The van der Waals surface area contributed by atoms with E-state index in [1.54, 1.807) is 12.3 Å². The molecule has 3 aromatic carbocycles. The predicted octanol–water partition coefficient (Wildman–Crippen LogP) is 5.48. The topological polar surface area (TPSA) is 99.8 Å². The molecule has 0 saturated carbocycles. The van der Waals surface area contributed by atoms with Gasteiger partial charge in [-0.3, -0.25) is 9.67 Å². The minimum atomic E-state index is 0.129. The number of aliphatic hydroxyl groups is 1. The van der Waals surface area contributed by atoms with Crippen LogP contribution in [0.2, 0.25) is 0 Å². The molecule has 0 amide bonds. The fourth-order valence-corrected chi connectivity index (χ4v) is 4.76. The second kappa shape index (κ2) is 8.94. The number of aliphatic hydroxyl groups excluding tert-OH is 1. The summed E-state index contributed by atoms with van der Waals surface area (Å²) in [5.41, 5.74) is 8.69. The molecule has 0 atom stereocenters. The lowest BCUT2D eigenvalue weighted by molar-refractivity contribution is 0.288. The molecule has 0 spiro atoms. The second-order valence-electron chi connectivity index (χ2n) is 8.95. The second-order valence-corrected chi connectivity index (χ2v) is 8.95. The number of hydrogen-bond acceptors (Lipinski definition) is 5. The van der Waals surface area contributed by atoms with Crippen LogP contribution in [0.5, 0.6) is 5.75 Å². The van der Waals surface area contributed by atoms with E-state index >= 15 is 0 Å². The van der Waals surface area contributed by atoms with Crippen LogP contribution < -0.4 is 0 Å². The highest BCUT2D eigenvalue weighted by molar-refractivity contribution is 5.98. The van der Waals surface area contributed by atoms with Gasteiger partial charge in [0.25, 0.3) is 0 Å². The Morgan fingerprint density at radius 1 is 0.917 bits per heavy atom. The molecule has 0 aliphatic carbocycles. The molecule has 0 saturated heterocycles. The number of pyridine rings is 1. The molecule has 36 heavy (non-hydrogen) atoms. The summed E-state index contributed by atoms with van der Waals surface area (Å²) in [7, 11) is 1.92. The maximum Gasteiger partial charge on any atom is 0.159 e. The Bertz CT molecular complexity index is 1720. The van der Waals surface area contributed by atoms with Gasteiger partial charge in [0, 0.05) is 36.4 Å². The molecule has 0 bridgehead atoms. The molecule has 6 rings (SSSR count). The quantitative estimate of drug-likeness (QED) is 0.296. The molecule has 0 aliphatic rings. The number of nitrogens with zero attached hydrogens (tertiary/aromatic N) is 4. The predicted molar refractivity (Wildman–Crippen MR) is 142 cm³/mol. The van der Waals surface area contributed by atoms with Gasteiger partial charge in [0.05, 0.1) is 22.7 Å². The fourth-order valence-electron chi connectivity index (χ4n) is 4.76. The number of aryl methyl sites for hydroxylation is 2. The number of aromatic nitrogens is 5. The van der Waals surface area contributed by atoms with Crippen molar-refractivity contribution in [1.82, 2.24) is 24.7 Å². The summed E-state index contributed by atoms with van der Waals surface area (Å²) in [6.07, 6.45) is 4.74. The summed E-state index contributed by atoms with van der Waals surface area (Å²) in [6.45, 7) is 0.185. The van der Waals surface area contributed by atoms with Crippen molar-refractivity contribution in [3.63, 3.8) is 0 Å². The Kier molecular flexibility index (Phi) is 5.47. The van der Waals surface area contributed by atoms with Crippen molar-refractivity contribution in [1.29, 1.82) is 0 Å². The average Bonchev–Trinajstić information content (AvgIpc) is 3.48. The number of H-pyrrole nitrogens is 1. The van der Waals surface area contributed by atoms with Crippen LogP contribution in [0.25, 0.3) is 55.7 Å². The van der Waals surface area contributed by atoms with Crippen molar-refractivity contribution in [2.24, 2.45) is 7.05 Å². The third-order valence-electron chi connectivity index (χ3n) is 6.51. The van der Waals surface area contributed by atoms with Gasteiger partial charge in [-0.05, 0) is 53.8 Å². The minimum absolute atomic E-state index is 0.129. The first-order valence-electron chi connectivity index (χ1n) is 11.9. The Labute approximate surface area is 207 Å². The van der Waals surface area contributed by atoms with Crippen molar-refractivity contribution in [3.05, 3.63) is 84.7 Å². The first-order valence-corrected chi connectivity index (χ1v) is 11.9. The van der Waals surface area contributed by atoms with Crippen LogP contribution in [-0.2, 0) is 13.5 Å². The Hall–Kier alpha value is -4.49. The number of hydrogen-bond donors (Lipinski definition) is 3. The zero-order chi connectivity index (χ0) is 24.6. The molecule has 178 valence electrons. The normalized spacial score (nSPS) is 11.5. The van der Waals surface area contributed by atoms with E-state index in [9.17, 15) is 10.2 Å². The Morgan fingerprint density at radius 3 is 2.67 bits per heavy atom. The highest BCUT2D eigenvalue weighted by Gasteiger charge is 2.17. The summed E-state index contributed by atoms with van der Waals surface area (Å²) in [6, 6.07) is 22.3. The van der Waals surface area contributed by atoms with Gasteiger partial charge in [-0.1, -0.05) is 42.5 Å². The largest absolute Gasteiger partial charge is 0.506 e. The van der Waals surface area contributed by atoms with Crippen LogP contribution in [0.15, 0.2) is 79.1 Å². The first kappa shape index (κ1) is 22.0. The van der Waals surface area contributed by atoms with Crippen LogP contribution in [-0.4, -0.2) is 41.6 Å². The van der Waals surface area contributed by atoms with Gasteiger partial charge >= 0.3 is 0 Å². The SMILES string of the molecule is Cn1nc(-c2nc3c(-c4cccc(CCCO)c4)cccc3[nH]2)c2cc(-c3cncc(O)c3)ccc21.